The highest BCUT2D eigenvalue weighted by Gasteiger charge is 2.13. The van der Waals surface area contributed by atoms with Gasteiger partial charge in [-0.15, -0.1) is 0 Å². The lowest BCUT2D eigenvalue weighted by atomic mass is 10.2. The molecule has 0 saturated heterocycles. The highest BCUT2D eigenvalue weighted by Crippen LogP contribution is 1.98. The summed E-state index contributed by atoms with van der Waals surface area (Å²) in [5, 5.41) is 11.3. The Bertz CT molecular complexity index is 264. The maximum Gasteiger partial charge on any atom is 0.407 e. The molecule has 0 heterocycles. The molecule has 17 heavy (non-hydrogen) atoms. The zero-order valence-corrected chi connectivity index (χ0v) is 10.6. The van der Waals surface area contributed by atoms with Gasteiger partial charge in [-0.05, 0) is 12.8 Å². The van der Waals surface area contributed by atoms with Gasteiger partial charge in [0.2, 0.25) is 5.91 Å². The summed E-state index contributed by atoms with van der Waals surface area (Å²) in [5.74, 6) is -0.289. The van der Waals surface area contributed by atoms with Gasteiger partial charge in [0.25, 0.3) is 0 Å². The lowest BCUT2D eigenvalue weighted by molar-refractivity contribution is -0.121. The van der Waals surface area contributed by atoms with Crippen LogP contribution < -0.4 is 5.32 Å². The van der Waals surface area contributed by atoms with Gasteiger partial charge in [0.15, 0.2) is 0 Å². The van der Waals surface area contributed by atoms with Crippen molar-refractivity contribution in [2.45, 2.75) is 32.6 Å². The first-order chi connectivity index (χ1) is 8.11. The molecule has 5 heteroatoms. The molecule has 0 unspecified atom stereocenters. The number of rotatable bonds is 8. The molecule has 2 N–H and O–H groups in total. The van der Waals surface area contributed by atoms with Crippen LogP contribution in [0.5, 0.6) is 0 Å². The number of hydrogen-bond donors (Lipinski definition) is 2. The van der Waals surface area contributed by atoms with Crippen LogP contribution in [0.25, 0.3) is 0 Å². The monoisotopic (exact) mass is 242 g/mol. The fourth-order valence-corrected chi connectivity index (χ4v) is 1.28. The van der Waals surface area contributed by atoms with E-state index in [1.807, 2.05) is 6.08 Å². The van der Waals surface area contributed by atoms with Gasteiger partial charge in [-0.3, -0.25) is 9.69 Å². The number of nitrogens with zero attached hydrogens (tertiary/aromatic N) is 1. The first-order valence-electron chi connectivity index (χ1n) is 5.95. The van der Waals surface area contributed by atoms with Crippen molar-refractivity contribution in [3.63, 3.8) is 0 Å². The van der Waals surface area contributed by atoms with Gasteiger partial charge in [0.05, 0.1) is 0 Å². The summed E-state index contributed by atoms with van der Waals surface area (Å²) >= 11 is 0. The third-order valence-corrected chi connectivity index (χ3v) is 2.34. The summed E-state index contributed by atoms with van der Waals surface area (Å²) in [6.07, 6.45) is 6.94. The molecule has 0 radical (unpaired) electrons. The van der Waals surface area contributed by atoms with Crippen molar-refractivity contribution in [3.8, 4) is 0 Å². The van der Waals surface area contributed by atoms with E-state index in [0.29, 0.717) is 13.0 Å². The van der Waals surface area contributed by atoms with Gasteiger partial charge >= 0.3 is 6.09 Å². The molecule has 98 valence electrons. The van der Waals surface area contributed by atoms with Gasteiger partial charge in [-0.25, -0.2) is 4.79 Å². The zero-order chi connectivity index (χ0) is 13.1. The smallest absolute Gasteiger partial charge is 0.407 e. The molecule has 0 rings (SSSR count). The average molecular weight is 242 g/mol. The molecule has 0 aromatic carbocycles. The Morgan fingerprint density at radius 3 is 2.47 bits per heavy atom. The van der Waals surface area contributed by atoms with Crippen molar-refractivity contribution in [1.29, 1.82) is 0 Å². The number of carboxylic acid groups (broad SMARTS) is 1. The number of likely N-dealkylation sites (N-methyl/N-ethyl adjacent to an activating group) is 1. The Kier molecular flexibility index (Phi) is 8.82. The predicted molar refractivity (Wildman–Crippen MR) is 66.9 cm³/mol. The number of nitrogens with one attached hydrogen (secondary N) is 1. The molecular formula is C12H22N2O3. The number of allylic oxidation sites excluding steroid dienone is 1. The van der Waals surface area contributed by atoms with Crippen molar-refractivity contribution in [3.05, 3.63) is 12.2 Å². The Morgan fingerprint density at radius 1 is 1.29 bits per heavy atom. The van der Waals surface area contributed by atoms with Gasteiger partial charge in [-0.1, -0.05) is 31.9 Å². The molecule has 0 aliphatic rings. The predicted octanol–water partition coefficient (Wildman–Crippen LogP) is 1.85. The number of carbonyl (C=O) groups excluding carboxylic acids is 1. The molecule has 0 aliphatic heterocycles. The minimum atomic E-state index is -1.06. The zero-order valence-electron chi connectivity index (χ0n) is 10.6. The lowest BCUT2D eigenvalue weighted by Gasteiger charge is -2.16. The minimum Gasteiger partial charge on any atom is -0.465 e. The standard InChI is InChI=1S/C12H22N2O3/c1-3-4-5-6-7-8-9-14(12(16)17)10-11(15)13-2/h6-7H,3-5,8-10H2,1-2H3,(H,13,15)(H,16,17). The highest BCUT2D eigenvalue weighted by molar-refractivity contribution is 5.81. The second-order valence-electron chi connectivity index (χ2n) is 3.78. The molecule has 2 amide bonds. The maximum absolute atomic E-state index is 11.1. The third kappa shape index (κ3) is 8.30. The molecular weight excluding hydrogens is 220 g/mol. The van der Waals surface area contributed by atoms with Gasteiger partial charge in [-0.2, -0.15) is 0 Å². The molecule has 0 atom stereocenters. The van der Waals surface area contributed by atoms with E-state index in [9.17, 15) is 9.59 Å². The van der Waals surface area contributed by atoms with E-state index in [1.54, 1.807) is 0 Å². The molecule has 0 aromatic heterocycles. The van der Waals surface area contributed by atoms with E-state index in [2.05, 4.69) is 18.3 Å². The fourth-order valence-electron chi connectivity index (χ4n) is 1.28. The number of amides is 2. The summed E-state index contributed by atoms with van der Waals surface area (Å²) in [4.78, 5) is 23.0. The quantitative estimate of drug-likeness (QED) is 0.504. The molecule has 0 bridgehead atoms. The Hall–Kier alpha value is -1.52. The second-order valence-corrected chi connectivity index (χ2v) is 3.78. The Balaban J connectivity index is 3.89. The first kappa shape index (κ1) is 15.5. The van der Waals surface area contributed by atoms with Gasteiger partial charge in [0, 0.05) is 13.6 Å². The Labute approximate surface area is 102 Å². The van der Waals surface area contributed by atoms with Crippen molar-refractivity contribution in [2.24, 2.45) is 0 Å². The summed E-state index contributed by atoms with van der Waals surface area (Å²) in [5.41, 5.74) is 0. The van der Waals surface area contributed by atoms with Crippen molar-refractivity contribution in [1.82, 2.24) is 10.2 Å². The number of carbonyl (C=O) groups is 2. The maximum atomic E-state index is 11.1. The normalized spacial score (nSPS) is 10.5. The van der Waals surface area contributed by atoms with Crippen LogP contribution in [-0.4, -0.2) is 42.1 Å². The topological polar surface area (TPSA) is 69.6 Å². The van der Waals surface area contributed by atoms with Crippen LogP contribution in [0.2, 0.25) is 0 Å². The minimum absolute atomic E-state index is 0.103. The number of hydrogen-bond acceptors (Lipinski definition) is 2. The van der Waals surface area contributed by atoms with Crippen molar-refractivity contribution < 1.29 is 14.7 Å². The highest BCUT2D eigenvalue weighted by atomic mass is 16.4. The van der Waals surface area contributed by atoms with Crippen LogP contribution in [-0.2, 0) is 4.79 Å². The van der Waals surface area contributed by atoms with Crippen LogP contribution in [0.3, 0.4) is 0 Å². The molecule has 0 fully saturated rings. The van der Waals surface area contributed by atoms with E-state index < -0.39 is 6.09 Å². The van der Waals surface area contributed by atoms with Crippen LogP contribution >= 0.6 is 0 Å². The molecule has 0 saturated carbocycles. The van der Waals surface area contributed by atoms with Crippen molar-refractivity contribution >= 4 is 12.0 Å². The molecule has 0 aromatic rings. The summed E-state index contributed by atoms with van der Waals surface area (Å²) in [6, 6.07) is 0. The van der Waals surface area contributed by atoms with Crippen LogP contribution in [0.15, 0.2) is 12.2 Å². The van der Waals surface area contributed by atoms with Crippen molar-refractivity contribution in [2.75, 3.05) is 20.1 Å². The van der Waals surface area contributed by atoms with E-state index in [-0.39, 0.29) is 12.5 Å². The first-order valence-corrected chi connectivity index (χ1v) is 5.95. The van der Waals surface area contributed by atoms with E-state index >= 15 is 0 Å². The third-order valence-electron chi connectivity index (χ3n) is 2.34. The van der Waals surface area contributed by atoms with E-state index in [0.717, 1.165) is 24.2 Å². The summed E-state index contributed by atoms with van der Waals surface area (Å²) in [6.45, 7) is 2.38. The Morgan fingerprint density at radius 2 is 1.94 bits per heavy atom. The van der Waals surface area contributed by atoms with Crippen LogP contribution in [0.4, 0.5) is 4.79 Å². The summed E-state index contributed by atoms with van der Waals surface area (Å²) < 4.78 is 0. The molecule has 0 spiro atoms. The SMILES string of the molecule is CCCCC=CCCN(CC(=O)NC)C(=O)O. The molecule has 5 nitrogen and oxygen atoms in total. The van der Waals surface area contributed by atoms with E-state index in [4.69, 9.17) is 5.11 Å². The second kappa shape index (κ2) is 9.69. The van der Waals surface area contributed by atoms with Crippen LogP contribution in [0.1, 0.15) is 32.6 Å². The van der Waals surface area contributed by atoms with Crippen LogP contribution in [0, 0.1) is 0 Å². The fraction of sp³-hybridized carbons (Fsp3) is 0.667. The van der Waals surface area contributed by atoms with Gasteiger partial charge < -0.3 is 10.4 Å². The van der Waals surface area contributed by atoms with Gasteiger partial charge in [0.1, 0.15) is 6.54 Å². The lowest BCUT2D eigenvalue weighted by Crippen LogP contribution is -2.39. The average Bonchev–Trinajstić information content (AvgIpc) is 2.31. The summed E-state index contributed by atoms with van der Waals surface area (Å²) in [7, 11) is 1.49. The largest absolute Gasteiger partial charge is 0.465 e. The number of unbranched alkanes of at least 4 members (excludes halogenated alkanes) is 2. The van der Waals surface area contributed by atoms with E-state index in [1.165, 1.54) is 7.05 Å². The molecule has 0 aliphatic carbocycles.